The Bertz CT molecular complexity index is 444. The molecule has 0 amide bonds. The van der Waals surface area contributed by atoms with E-state index in [1.54, 1.807) is 20.3 Å². The van der Waals surface area contributed by atoms with Gasteiger partial charge in [0.2, 0.25) is 0 Å². The Balaban J connectivity index is 3.44. The van der Waals surface area contributed by atoms with Crippen LogP contribution in [-0.4, -0.2) is 14.2 Å². The quantitative estimate of drug-likeness (QED) is 0.728. The molecule has 0 spiro atoms. The number of allylic oxidation sites excluding steroid dienone is 1. The highest BCUT2D eigenvalue weighted by Crippen LogP contribution is 2.33. The number of benzene rings is 1. The molecule has 0 aliphatic heterocycles. The van der Waals surface area contributed by atoms with Gasteiger partial charge in [0.05, 0.1) is 25.9 Å². The molecule has 0 N–H and O–H groups in total. The van der Waals surface area contributed by atoms with E-state index >= 15 is 0 Å². The van der Waals surface area contributed by atoms with Crippen LogP contribution >= 0.6 is 0 Å². The summed E-state index contributed by atoms with van der Waals surface area (Å²) in [7, 11) is 3.19. The van der Waals surface area contributed by atoms with Crippen molar-refractivity contribution in [2.24, 2.45) is 0 Å². The average Bonchev–Trinajstić information content (AvgIpc) is 2.35. The first-order valence-corrected chi connectivity index (χ1v) is 5.02. The van der Waals surface area contributed by atoms with E-state index in [1.165, 1.54) is 0 Å². The van der Waals surface area contributed by atoms with Crippen LogP contribution in [0.1, 0.15) is 18.1 Å². The number of nitriles is 1. The predicted molar refractivity (Wildman–Crippen MR) is 63.6 cm³/mol. The molecule has 1 aromatic rings. The van der Waals surface area contributed by atoms with Crippen LogP contribution in [0.2, 0.25) is 0 Å². The Morgan fingerprint density at radius 2 is 2.06 bits per heavy atom. The Labute approximate surface area is 95.9 Å². The van der Waals surface area contributed by atoms with Crippen molar-refractivity contribution < 1.29 is 9.47 Å². The molecule has 16 heavy (non-hydrogen) atoms. The van der Waals surface area contributed by atoms with Crippen LogP contribution in [0.25, 0.3) is 5.57 Å². The SMILES string of the molecule is C=C(C#N)c1cc(OC)cc(CC)c1OC. The largest absolute Gasteiger partial charge is 0.497 e. The summed E-state index contributed by atoms with van der Waals surface area (Å²) in [6.45, 7) is 5.73. The number of hydrogen-bond donors (Lipinski definition) is 0. The topological polar surface area (TPSA) is 42.2 Å². The van der Waals surface area contributed by atoms with Crippen LogP contribution in [0.15, 0.2) is 18.7 Å². The summed E-state index contributed by atoms with van der Waals surface area (Å²) in [5.41, 5.74) is 2.08. The van der Waals surface area contributed by atoms with Crippen LogP contribution in [0.3, 0.4) is 0 Å². The lowest BCUT2D eigenvalue weighted by molar-refractivity contribution is 0.398. The van der Waals surface area contributed by atoms with E-state index in [4.69, 9.17) is 14.7 Å². The predicted octanol–water partition coefficient (Wildman–Crippen LogP) is 2.80. The Morgan fingerprint density at radius 3 is 2.50 bits per heavy atom. The normalized spacial score (nSPS) is 9.38. The van der Waals surface area contributed by atoms with Crippen LogP contribution in [-0.2, 0) is 6.42 Å². The van der Waals surface area contributed by atoms with Crippen molar-refractivity contribution in [1.82, 2.24) is 0 Å². The van der Waals surface area contributed by atoms with Crippen molar-refractivity contribution in [3.63, 3.8) is 0 Å². The van der Waals surface area contributed by atoms with E-state index in [-0.39, 0.29) is 0 Å². The van der Waals surface area contributed by atoms with Crippen LogP contribution in [0, 0.1) is 11.3 Å². The summed E-state index contributed by atoms with van der Waals surface area (Å²) in [5.74, 6) is 1.42. The van der Waals surface area contributed by atoms with Crippen molar-refractivity contribution in [3.8, 4) is 17.6 Å². The molecule has 0 bridgehead atoms. The van der Waals surface area contributed by atoms with Gasteiger partial charge in [-0.15, -0.1) is 0 Å². The van der Waals surface area contributed by atoms with Crippen LogP contribution in [0.4, 0.5) is 0 Å². The Morgan fingerprint density at radius 1 is 1.38 bits per heavy atom. The molecule has 0 saturated carbocycles. The van der Waals surface area contributed by atoms with Gasteiger partial charge < -0.3 is 9.47 Å². The van der Waals surface area contributed by atoms with Gasteiger partial charge in [-0.2, -0.15) is 5.26 Å². The highest BCUT2D eigenvalue weighted by molar-refractivity contribution is 5.80. The lowest BCUT2D eigenvalue weighted by Gasteiger charge is -2.13. The number of aryl methyl sites for hydroxylation is 1. The van der Waals surface area contributed by atoms with Crippen LogP contribution < -0.4 is 9.47 Å². The first-order valence-electron chi connectivity index (χ1n) is 5.02. The minimum Gasteiger partial charge on any atom is -0.497 e. The van der Waals surface area contributed by atoms with Crippen molar-refractivity contribution in [2.45, 2.75) is 13.3 Å². The first kappa shape index (κ1) is 12.1. The molecule has 0 aliphatic carbocycles. The highest BCUT2D eigenvalue weighted by atomic mass is 16.5. The molecule has 3 heteroatoms. The first-order chi connectivity index (χ1) is 7.67. The number of ether oxygens (including phenoxy) is 2. The van der Waals surface area contributed by atoms with Crippen LogP contribution in [0.5, 0.6) is 11.5 Å². The van der Waals surface area contributed by atoms with E-state index < -0.39 is 0 Å². The van der Waals surface area contributed by atoms with Gasteiger partial charge in [-0.05, 0) is 24.1 Å². The van der Waals surface area contributed by atoms with E-state index in [0.717, 1.165) is 12.0 Å². The minimum atomic E-state index is 0.380. The Kier molecular flexibility index (Phi) is 3.96. The molecule has 0 aliphatic rings. The molecule has 0 aromatic heterocycles. The fourth-order valence-electron chi connectivity index (χ4n) is 1.57. The standard InChI is InChI=1S/C13H15NO2/c1-5-10-6-11(15-3)7-12(9(2)8-14)13(10)16-4/h6-7H,2,5H2,1,3-4H3. The summed E-state index contributed by atoms with van der Waals surface area (Å²) in [6, 6.07) is 5.71. The maximum atomic E-state index is 8.89. The third-order valence-corrected chi connectivity index (χ3v) is 2.42. The maximum absolute atomic E-state index is 8.89. The van der Waals surface area contributed by atoms with Gasteiger partial charge in [0.15, 0.2) is 0 Å². The fraction of sp³-hybridized carbons (Fsp3) is 0.308. The average molecular weight is 217 g/mol. The summed E-state index contributed by atoms with van der Waals surface area (Å²) in [4.78, 5) is 0. The second kappa shape index (κ2) is 5.22. The van der Waals surface area contributed by atoms with Gasteiger partial charge in [-0.3, -0.25) is 0 Å². The van der Waals surface area contributed by atoms with Gasteiger partial charge in [0, 0.05) is 5.56 Å². The molecule has 84 valence electrons. The minimum absolute atomic E-state index is 0.380. The summed E-state index contributed by atoms with van der Waals surface area (Å²) < 4.78 is 10.5. The molecule has 0 heterocycles. The lowest BCUT2D eigenvalue weighted by Crippen LogP contribution is -1.97. The Hall–Kier alpha value is -1.95. The van der Waals surface area contributed by atoms with E-state index in [2.05, 4.69) is 6.58 Å². The summed E-state index contributed by atoms with van der Waals surface area (Å²) in [6.07, 6.45) is 0.812. The summed E-state index contributed by atoms with van der Waals surface area (Å²) >= 11 is 0. The zero-order valence-corrected chi connectivity index (χ0v) is 9.83. The molecule has 0 fully saturated rings. The molecule has 0 radical (unpaired) electrons. The molecule has 0 saturated heterocycles. The van der Waals surface area contributed by atoms with Crippen molar-refractivity contribution in [1.29, 1.82) is 5.26 Å². The number of rotatable bonds is 4. The van der Waals surface area contributed by atoms with Gasteiger partial charge in [-0.1, -0.05) is 13.5 Å². The molecular weight excluding hydrogens is 202 g/mol. The van der Waals surface area contributed by atoms with Crippen molar-refractivity contribution >= 4 is 5.57 Å². The van der Waals surface area contributed by atoms with E-state index in [1.807, 2.05) is 19.1 Å². The van der Waals surface area contributed by atoms with Crippen molar-refractivity contribution in [3.05, 3.63) is 29.8 Å². The van der Waals surface area contributed by atoms with E-state index in [0.29, 0.717) is 22.6 Å². The number of nitrogens with zero attached hydrogens (tertiary/aromatic N) is 1. The number of hydrogen-bond acceptors (Lipinski definition) is 3. The molecule has 0 unspecified atom stereocenters. The zero-order valence-electron chi connectivity index (χ0n) is 9.83. The molecular formula is C13H15NO2. The van der Waals surface area contributed by atoms with Crippen molar-refractivity contribution in [2.75, 3.05) is 14.2 Å². The highest BCUT2D eigenvalue weighted by Gasteiger charge is 2.13. The van der Waals surface area contributed by atoms with Gasteiger partial charge in [0.25, 0.3) is 0 Å². The number of methoxy groups -OCH3 is 2. The van der Waals surface area contributed by atoms with Gasteiger partial charge >= 0.3 is 0 Å². The third-order valence-electron chi connectivity index (χ3n) is 2.42. The molecule has 0 atom stereocenters. The van der Waals surface area contributed by atoms with E-state index in [9.17, 15) is 0 Å². The fourth-order valence-corrected chi connectivity index (χ4v) is 1.57. The maximum Gasteiger partial charge on any atom is 0.130 e. The lowest BCUT2D eigenvalue weighted by atomic mass is 10.0. The van der Waals surface area contributed by atoms with Gasteiger partial charge in [0.1, 0.15) is 11.5 Å². The second-order valence-electron chi connectivity index (χ2n) is 3.31. The molecule has 3 nitrogen and oxygen atoms in total. The zero-order chi connectivity index (χ0) is 12.1. The third kappa shape index (κ3) is 2.17. The molecule has 1 aromatic carbocycles. The van der Waals surface area contributed by atoms with Gasteiger partial charge in [-0.25, -0.2) is 0 Å². The monoisotopic (exact) mass is 217 g/mol. The smallest absolute Gasteiger partial charge is 0.130 e. The second-order valence-corrected chi connectivity index (χ2v) is 3.31. The molecule has 1 rings (SSSR count). The summed E-state index contributed by atoms with van der Waals surface area (Å²) in [5, 5.41) is 8.89.